The molecule has 1 atom stereocenters. The van der Waals surface area contributed by atoms with Gasteiger partial charge in [-0.2, -0.15) is 9.49 Å². The first-order valence-corrected chi connectivity index (χ1v) is 10.6. The van der Waals surface area contributed by atoms with Crippen molar-refractivity contribution in [2.75, 3.05) is 18.8 Å². The molecule has 9 nitrogen and oxygen atoms in total. The van der Waals surface area contributed by atoms with E-state index in [2.05, 4.69) is 9.97 Å². The highest BCUT2D eigenvalue weighted by molar-refractivity contribution is 5.98. The van der Waals surface area contributed by atoms with Crippen molar-refractivity contribution in [3.05, 3.63) is 60.4 Å². The molecule has 1 saturated heterocycles. The van der Waals surface area contributed by atoms with E-state index in [0.29, 0.717) is 47.6 Å². The van der Waals surface area contributed by atoms with Gasteiger partial charge in [-0.1, -0.05) is 6.07 Å². The molecule has 1 aliphatic rings. The third-order valence-electron chi connectivity index (χ3n) is 5.80. The molecular formula is C23H20F2N6O3. The number of carbonyl (C=O) groups is 1. The Bertz CT molecular complexity index is 1380. The first-order chi connectivity index (χ1) is 16.4. The third-order valence-corrected chi connectivity index (χ3v) is 5.80. The molecule has 5 rings (SSSR count). The first kappa shape index (κ1) is 21.6. The largest absolute Gasteiger partial charge is 0.465 e. The summed E-state index contributed by atoms with van der Waals surface area (Å²) in [6.07, 6.45) is 1.83. The minimum Gasteiger partial charge on any atom is -0.465 e. The average molecular weight is 466 g/mol. The van der Waals surface area contributed by atoms with Crippen LogP contribution in [0.4, 0.5) is 19.4 Å². The number of aromatic nitrogens is 4. The minimum absolute atomic E-state index is 0.200. The Kier molecular flexibility index (Phi) is 5.44. The summed E-state index contributed by atoms with van der Waals surface area (Å²) in [6, 6.07) is 10.2. The molecule has 4 aromatic rings. The van der Waals surface area contributed by atoms with Crippen molar-refractivity contribution in [2.24, 2.45) is 0 Å². The zero-order chi connectivity index (χ0) is 23.8. The Labute approximate surface area is 192 Å². The van der Waals surface area contributed by atoms with Crippen molar-refractivity contribution >= 4 is 22.9 Å². The SMILES string of the molecule is Nc1ncnc2c1c(-c1ccc(Oc3cccc(F)c3F)cc1)nn2[C@@H]1CCCN(C(=O)O)C1. The summed E-state index contributed by atoms with van der Waals surface area (Å²) >= 11 is 0. The van der Waals surface area contributed by atoms with Gasteiger partial charge in [0.15, 0.2) is 17.2 Å². The molecule has 0 unspecified atom stereocenters. The highest BCUT2D eigenvalue weighted by Crippen LogP contribution is 2.35. The van der Waals surface area contributed by atoms with Gasteiger partial charge in [-0.3, -0.25) is 0 Å². The Balaban J connectivity index is 1.50. The van der Waals surface area contributed by atoms with Crippen LogP contribution < -0.4 is 10.5 Å². The van der Waals surface area contributed by atoms with E-state index in [1.165, 1.54) is 23.4 Å². The molecule has 3 N–H and O–H groups in total. The quantitative estimate of drug-likeness (QED) is 0.456. The van der Waals surface area contributed by atoms with E-state index >= 15 is 0 Å². The Hall–Kier alpha value is -4.28. The lowest BCUT2D eigenvalue weighted by Crippen LogP contribution is -2.40. The molecule has 1 aliphatic heterocycles. The number of amides is 1. The number of halogens is 2. The van der Waals surface area contributed by atoms with E-state index in [1.807, 2.05) is 0 Å². The number of ether oxygens (including phenoxy) is 1. The second kappa shape index (κ2) is 8.58. The van der Waals surface area contributed by atoms with Gasteiger partial charge in [0.05, 0.1) is 11.4 Å². The van der Waals surface area contributed by atoms with Crippen LogP contribution in [0.2, 0.25) is 0 Å². The van der Waals surface area contributed by atoms with E-state index in [1.54, 1.807) is 28.9 Å². The zero-order valence-electron chi connectivity index (χ0n) is 17.9. The van der Waals surface area contributed by atoms with Gasteiger partial charge in [0.1, 0.15) is 23.6 Å². The summed E-state index contributed by atoms with van der Waals surface area (Å²) in [4.78, 5) is 21.3. The van der Waals surface area contributed by atoms with Crippen LogP contribution in [0.25, 0.3) is 22.3 Å². The minimum atomic E-state index is -1.07. The fourth-order valence-corrected chi connectivity index (χ4v) is 4.15. The summed E-state index contributed by atoms with van der Waals surface area (Å²) in [5.74, 6) is -1.72. The number of fused-ring (bicyclic) bond motifs is 1. The van der Waals surface area contributed by atoms with Gasteiger partial charge in [-0.05, 0) is 49.2 Å². The molecule has 2 aromatic heterocycles. The van der Waals surface area contributed by atoms with Crippen molar-refractivity contribution in [1.29, 1.82) is 0 Å². The topological polar surface area (TPSA) is 119 Å². The van der Waals surface area contributed by atoms with Crippen LogP contribution in [0.5, 0.6) is 11.5 Å². The summed E-state index contributed by atoms with van der Waals surface area (Å²) in [5.41, 5.74) is 7.90. The van der Waals surface area contributed by atoms with Gasteiger partial charge >= 0.3 is 6.09 Å². The molecule has 34 heavy (non-hydrogen) atoms. The molecule has 1 amide bonds. The average Bonchev–Trinajstić information content (AvgIpc) is 3.24. The number of hydrogen-bond donors (Lipinski definition) is 2. The first-order valence-electron chi connectivity index (χ1n) is 10.6. The number of carboxylic acid groups (broad SMARTS) is 1. The van der Waals surface area contributed by atoms with E-state index in [4.69, 9.17) is 15.6 Å². The summed E-state index contributed by atoms with van der Waals surface area (Å²) in [5, 5.41) is 14.7. The lowest BCUT2D eigenvalue weighted by atomic mass is 10.1. The maximum atomic E-state index is 13.9. The molecule has 0 aliphatic carbocycles. The van der Waals surface area contributed by atoms with E-state index < -0.39 is 17.7 Å². The van der Waals surface area contributed by atoms with Crippen LogP contribution in [0.1, 0.15) is 18.9 Å². The number of piperidine rings is 1. The van der Waals surface area contributed by atoms with Crippen LogP contribution >= 0.6 is 0 Å². The predicted octanol–water partition coefficient (Wildman–Crippen LogP) is 4.46. The molecule has 2 aromatic carbocycles. The van der Waals surface area contributed by atoms with Crippen LogP contribution in [0, 0.1) is 11.6 Å². The van der Waals surface area contributed by atoms with Crippen molar-refractivity contribution < 1.29 is 23.4 Å². The number of anilines is 1. The fourth-order valence-electron chi connectivity index (χ4n) is 4.15. The second-order valence-electron chi connectivity index (χ2n) is 7.95. The maximum absolute atomic E-state index is 13.9. The van der Waals surface area contributed by atoms with Crippen LogP contribution in [-0.4, -0.2) is 48.9 Å². The fraction of sp³-hybridized carbons (Fsp3) is 0.217. The number of likely N-dealkylation sites (tertiary alicyclic amines) is 1. The van der Waals surface area contributed by atoms with Crippen molar-refractivity contribution in [3.63, 3.8) is 0 Å². The number of nitrogens with two attached hydrogens (primary N) is 1. The van der Waals surface area contributed by atoms with Gasteiger partial charge in [-0.15, -0.1) is 0 Å². The lowest BCUT2D eigenvalue weighted by molar-refractivity contribution is 0.120. The number of hydrogen-bond acceptors (Lipinski definition) is 6. The van der Waals surface area contributed by atoms with E-state index in [9.17, 15) is 18.7 Å². The van der Waals surface area contributed by atoms with Crippen LogP contribution in [-0.2, 0) is 0 Å². The number of rotatable bonds is 4. The molecule has 0 saturated carbocycles. The lowest BCUT2D eigenvalue weighted by Gasteiger charge is -2.30. The van der Waals surface area contributed by atoms with Gasteiger partial charge < -0.3 is 20.5 Å². The second-order valence-corrected chi connectivity index (χ2v) is 7.95. The van der Waals surface area contributed by atoms with Crippen molar-refractivity contribution in [1.82, 2.24) is 24.6 Å². The summed E-state index contributed by atoms with van der Waals surface area (Å²) < 4.78 is 34.6. The normalized spacial score (nSPS) is 16.1. The van der Waals surface area contributed by atoms with Crippen molar-refractivity contribution in [3.8, 4) is 22.8 Å². The van der Waals surface area contributed by atoms with Crippen LogP contribution in [0.15, 0.2) is 48.8 Å². The highest BCUT2D eigenvalue weighted by Gasteiger charge is 2.28. The van der Waals surface area contributed by atoms with E-state index in [-0.39, 0.29) is 17.6 Å². The summed E-state index contributed by atoms with van der Waals surface area (Å²) in [6.45, 7) is 0.768. The Morgan fingerprint density at radius 3 is 2.71 bits per heavy atom. The standard InChI is InChI=1S/C23H20F2N6O3/c24-16-4-1-5-17(19(16)25)34-15-8-6-13(7-9-15)20-18-21(26)27-12-28-22(18)31(29-20)14-3-2-10-30(11-14)23(32)33/h1,4-9,12,14H,2-3,10-11H2,(H,32,33)(H2,26,27,28)/t14-/m1/s1. The molecule has 11 heteroatoms. The summed E-state index contributed by atoms with van der Waals surface area (Å²) in [7, 11) is 0. The number of nitrogen functional groups attached to an aromatic ring is 1. The smallest absolute Gasteiger partial charge is 0.407 e. The monoisotopic (exact) mass is 466 g/mol. The zero-order valence-corrected chi connectivity index (χ0v) is 17.9. The molecule has 0 radical (unpaired) electrons. The van der Waals surface area contributed by atoms with Crippen molar-refractivity contribution in [2.45, 2.75) is 18.9 Å². The highest BCUT2D eigenvalue weighted by atomic mass is 19.2. The number of benzene rings is 2. The van der Waals surface area contributed by atoms with Gasteiger partial charge in [-0.25, -0.2) is 23.8 Å². The molecule has 174 valence electrons. The van der Waals surface area contributed by atoms with Crippen LogP contribution in [0.3, 0.4) is 0 Å². The van der Waals surface area contributed by atoms with E-state index in [0.717, 1.165) is 12.5 Å². The van der Waals surface area contributed by atoms with Gasteiger partial charge in [0.2, 0.25) is 5.82 Å². The molecule has 0 spiro atoms. The van der Waals surface area contributed by atoms with Gasteiger partial charge in [0.25, 0.3) is 0 Å². The molecular weight excluding hydrogens is 446 g/mol. The predicted molar refractivity (Wildman–Crippen MR) is 119 cm³/mol. The molecule has 0 bridgehead atoms. The maximum Gasteiger partial charge on any atom is 0.407 e. The third kappa shape index (κ3) is 3.85. The number of nitrogens with zero attached hydrogens (tertiary/aromatic N) is 5. The van der Waals surface area contributed by atoms with Gasteiger partial charge in [0, 0.05) is 18.7 Å². The Morgan fingerprint density at radius 2 is 1.94 bits per heavy atom. The molecule has 1 fully saturated rings. The Morgan fingerprint density at radius 1 is 1.15 bits per heavy atom. The molecule has 3 heterocycles.